The number of anilines is 1. The van der Waals surface area contributed by atoms with Crippen molar-refractivity contribution in [2.75, 3.05) is 5.32 Å². The quantitative estimate of drug-likeness (QED) is 0.781. The Balaban J connectivity index is 2.11. The first-order chi connectivity index (χ1) is 8.24. The fraction of sp³-hybridized carbons (Fsp3) is 0.0769. The summed E-state index contributed by atoms with van der Waals surface area (Å²) in [7, 11) is 0. The lowest BCUT2D eigenvalue weighted by Gasteiger charge is -1.98. The van der Waals surface area contributed by atoms with Gasteiger partial charge in [-0.3, -0.25) is 4.79 Å². The Labute approximate surface area is 103 Å². The maximum atomic E-state index is 11.9. The normalized spacial score (nSPS) is 16.1. The highest BCUT2D eigenvalue weighted by Gasteiger charge is 2.23. The number of carbonyl (C=O) groups is 1. The number of aromatic nitrogens is 1. The second kappa shape index (κ2) is 3.82. The summed E-state index contributed by atoms with van der Waals surface area (Å²) in [6, 6.07) is 5.96. The molecule has 0 unspecified atom stereocenters. The molecule has 84 valence electrons. The third kappa shape index (κ3) is 1.76. The van der Waals surface area contributed by atoms with Gasteiger partial charge in [-0.2, -0.15) is 0 Å². The van der Waals surface area contributed by atoms with E-state index in [0.29, 0.717) is 5.57 Å². The number of thiazole rings is 1. The van der Waals surface area contributed by atoms with Gasteiger partial charge in [-0.1, -0.05) is 12.1 Å². The third-order valence-electron chi connectivity index (χ3n) is 2.70. The fourth-order valence-corrected chi connectivity index (χ4v) is 2.40. The van der Waals surface area contributed by atoms with Crippen LogP contribution in [0, 0.1) is 6.92 Å². The smallest absolute Gasteiger partial charge is 0.256 e. The van der Waals surface area contributed by atoms with Crippen LogP contribution in [0.5, 0.6) is 0 Å². The van der Waals surface area contributed by atoms with Gasteiger partial charge in [0.25, 0.3) is 5.91 Å². The average Bonchev–Trinajstić information content (AvgIpc) is 2.88. The van der Waals surface area contributed by atoms with Crippen molar-refractivity contribution in [1.29, 1.82) is 0 Å². The summed E-state index contributed by atoms with van der Waals surface area (Å²) in [5.41, 5.74) is 6.25. The molecule has 2 heterocycles. The van der Waals surface area contributed by atoms with Crippen molar-refractivity contribution in [3.05, 3.63) is 45.9 Å². The lowest BCUT2D eigenvalue weighted by Crippen LogP contribution is -2.03. The Bertz CT molecular complexity index is 614. The molecule has 0 saturated heterocycles. The Morgan fingerprint density at radius 3 is 3.06 bits per heavy atom. The zero-order chi connectivity index (χ0) is 11.8. The molecule has 0 spiro atoms. The summed E-state index contributed by atoms with van der Waals surface area (Å²) < 4.78 is 0. The van der Waals surface area contributed by atoms with Crippen LogP contribution in [-0.2, 0) is 4.79 Å². The second-order valence-corrected chi connectivity index (χ2v) is 4.69. The highest BCUT2D eigenvalue weighted by molar-refractivity contribution is 7.07. The minimum absolute atomic E-state index is 0.0569. The summed E-state index contributed by atoms with van der Waals surface area (Å²) in [5, 5.41) is 4.79. The molecule has 4 heteroatoms. The summed E-state index contributed by atoms with van der Waals surface area (Å²) >= 11 is 1.52. The van der Waals surface area contributed by atoms with Crippen molar-refractivity contribution in [3.8, 4) is 0 Å². The van der Waals surface area contributed by atoms with E-state index in [1.807, 2.05) is 36.6 Å². The Hall–Kier alpha value is -1.94. The van der Waals surface area contributed by atoms with Crippen LogP contribution in [0.25, 0.3) is 11.6 Å². The van der Waals surface area contributed by atoms with Gasteiger partial charge >= 0.3 is 0 Å². The first-order valence-electron chi connectivity index (χ1n) is 5.26. The number of rotatable bonds is 1. The Morgan fingerprint density at radius 2 is 2.29 bits per heavy atom. The van der Waals surface area contributed by atoms with Crippen LogP contribution in [-0.4, -0.2) is 10.9 Å². The van der Waals surface area contributed by atoms with E-state index in [1.165, 1.54) is 11.3 Å². The molecule has 1 aromatic carbocycles. The summed E-state index contributed by atoms with van der Waals surface area (Å²) in [4.78, 5) is 16.0. The molecule has 1 aromatic heterocycles. The monoisotopic (exact) mass is 242 g/mol. The maximum absolute atomic E-state index is 11.9. The van der Waals surface area contributed by atoms with E-state index in [0.717, 1.165) is 22.5 Å². The lowest BCUT2D eigenvalue weighted by molar-refractivity contribution is -0.110. The largest absolute Gasteiger partial charge is 0.321 e. The SMILES string of the molecule is Cc1ccc2c(c1)NC(=O)C2=Cc1cscn1. The number of nitrogens with one attached hydrogen (secondary N) is 1. The maximum Gasteiger partial charge on any atom is 0.256 e. The molecule has 0 radical (unpaired) electrons. The standard InChI is InChI=1S/C13H10N2OS/c1-8-2-3-10-11(5-9-6-17-7-14-9)13(16)15-12(10)4-8/h2-7H,1H3,(H,15,16). The second-order valence-electron chi connectivity index (χ2n) is 3.97. The van der Waals surface area contributed by atoms with Crippen molar-refractivity contribution < 1.29 is 4.79 Å². The molecule has 1 N–H and O–H groups in total. The van der Waals surface area contributed by atoms with Crippen LogP contribution in [0.4, 0.5) is 5.69 Å². The van der Waals surface area contributed by atoms with E-state index in [-0.39, 0.29) is 5.91 Å². The molecule has 17 heavy (non-hydrogen) atoms. The molecule has 1 aliphatic rings. The van der Waals surface area contributed by atoms with Crippen molar-refractivity contribution in [3.63, 3.8) is 0 Å². The lowest BCUT2D eigenvalue weighted by atomic mass is 10.0. The zero-order valence-electron chi connectivity index (χ0n) is 9.23. The van der Waals surface area contributed by atoms with E-state index in [2.05, 4.69) is 10.3 Å². The molecule has 0 aliphatic carbocycles. The van der Waals surface area contributed by atoms with Crippen LogP contribution in [0.3, 0.4) is 0 Å². The van der Waals surface area contributed by atoms with Crippen LogP contribution in [0.2, 0.25) is 0 Å². The fourth-order valence-electron chi connectivity index (χ4n) is 1.89. The summed E-state index contributed by atoms with van der Waals surface area (Å²) in [6.45, 7) is 2.01. The Kier molecular flexibility index (Phi) is 2.30. The number of hydrogen-bond donors (Lipinski definition) is 1. The molecular weight excluding hydrogens is 232 g/mol. The molecule has 0 atom stereocenters. The number of fused-ring (bicyclic) bond motifs is 1. The molecule has 0 fully saturated rings. The molecule has 1 aliphatic heterocycles. The third-order valence-corrected chi connectivity index (χ3v) is 3.31. The molecule has 0 saturated carbocycles. The predicted molar refractivity (Wildman–Crippen MR) is 69.8 cm³/mol. The number of benzene rings is 1. The Morgan fingerprint density at radius 1 is 1.41 bits per heavy atom. The van der Waals surface area contributed by atoms with Gasteiger partial charge in [0.1, 0.15) is 0 Å². The average molecular weight is 242 g/mol. The first-order valence-corrected chi connectivity index (χ1v) is 6.20. The van der Waals surface area contributed by atoms with Crippen molar-refractivity contribution in [2.24, 2.45) is 0 Å². The zero-order valence-corrected chi connectivity index (χ0v) is 10.0. The molecule has 3 rings (SSSR count). The molecule has 3 nitrogen and oxygen atoms in total. The number of aryl methyl sites for hydroxylation is 1. The van der Waals surface area contributed by atoms with Crippen molar-refractivity contribution >= 4 is 34.6 Å². The van der Waals surface area contributed by atoms with E-state index >= 15 is 0 Å². The molecule has 1 amide bonds. The number of carbonyl (C=O) groups excluding carboxylic acids is 1. The van der Waals surface area contributed by atoms with Gasteiger partial charge in [-0.15, -0.1) is 11.3 Å². The van der Waals surface area contributed by atoms with Gasteiger partial charge in [-0.05, 0) is 24.6 Å². The van der Waals surface area contributed by atoms with Crippen LogP contribution < -0.4 is 5.32 Å². The van der Waals surface area contributed by atoms with Crippen LogP contribution in [0.15, 0.2) is 29.1 Å². The number of hydrogen-bond acceptors (Lipinski definition) is 3. The minimum Gasteiger partial charge on any atom is -0.321 e. The van der Waals surface area contributed by atoms with E-state index in [1.54, 1.807) is 5.51 Å². The van der Waals surface area contributed by atoms with E-state index in [4.69, 9.17) is 0 Å². The van der Waals surface area contributed by atoms with Gasteiger partial charge in [0, 0.05) is 16.6 Å². The predicted octanol–water partition coefficient (Wildman–Crippen LogP) is 2.94. The molecular formula is C13H10N2OS. The van der Waals surface area contributed by atoms with Gasteiger partial charge < -0.3 is 5.32 Å². The highest BCUT2D eigenvalue weighted by atomic mass is 32.1. The van der Waals surface area contributed by atoms with Crippen molar-refractivity contribution in [1.82, 2.24) is 4.98 Å². The molecule has 0 bridgehead atoms. The van der Waals surface area contributed by atoms with Gasteiger partial charge in [0.2, 0.25) is 0 Å². The summed E-state index contributed by atoms with van der Waals surface area (Å²) in [6.07, 6.45) is 1.83. The minimum atomic E-state index is -0.0569. The summed E-state index contributed by atoms with van der Waals surface area (Å²) in [5.74, 6) is -0.0569. The van der Waals surface area contributed by atoms with Gasteiger partial charge in [-0.25, -0.2) is 4.98 Å². The van der Waals surface area contributed by atoms with Crippen molar-refractivity contribution in [2.45, 2.75) is 6.92 Å². The van der Waals surface area contributed by atoms with Crippen LogP contribution in [0.1, 0.15) is 16.8 Å². The van der Waals surface area contributed by atoms with Gasteiger partial charge in [0.15, 0.2) is 0 Å². The topological polar surface area (TPSA) is 42.0 Å². The highest BCUT2D eigenvalue weighted by Crippen LogP contribution is 2.33. The first kappa shape index (κ1) is 10.2. The molecule has 2 aromatic rings. The van der Waals surface area contributed by atoms with E-state index < -0.39 is 0 Å². The van der Waals surface area contributed by atoms with Gasteiger partial charge in [0.05, 0.1) is 16.8 Å². The van der Waals surface area contributed by atoms with Crippen LogP contribution >= 0.6 is 11.3 Å². The van der Waals surface area contributed by atoms with E-state index in [9.17, 15) is 4.79 Å². The number of amides is 1. The number of nitrogens with zero attached hydrogens (tertiary/aromatic N) is 1.